The molecule has 0 aromatic carbocycles. The fraction of sp³-hybridized carbons (Fsp3) is 0.100. The normalized spacial score (nSPS) is 11.6. The Hall–Kier alpha value is -1.34. The summed E-state index contributed by atoms with van der Waals surface area (Å²) in [4.78, 5) is 14.4. The lowest BCUT2D eigenvalue weighted by Crippen LogP contribution is -2.02. The summed E-state index contributed by atoms with van der Waals surface area (Å²) in [6, 6.07) is 4.28. The number of halogens is 1. The average Bonchev–Trinajstić information content (AvgIpc) is 2.83. The molecule has 0 bridgehead atoms. The zero-order valence-electron chi connectivity index (χ0n) is 8.73. The maximum atomic E-state index is 11.9. The number of H-pyrrole nitrogens is 1. The van der Waals surface area contributed by atoms with Crippen molar-refractivity contribution in [3.05, 3.63) is 40.4 Å². The Labute approximate surface area is 106 Å². The summed E-state index contributed by atoms with van der Waals surface area (Å²) in [5.74, 6) is -0.260. The van der Waals surface area contributed by atoms with E-state index >= 15 is 0 Å². The van der Waals surface area contributed by atoms with Gasteiger partial charge in [-0.25, -0.2) is 8.42 Å². The van der Waals surface area contributed by atoms with Gasteiger partial charge in [-0.2, -0.15) is 0 Å². The summed E-state index contributed by atoms with van der Waals surface area (Å²) in [6.07, 6.45) is 2.45. The molecule has 90 valence electrons. The molecule has 0 spiro atoms. The molecule has 2 rings (SSSR count). The van der Waals surface area contributed by atoms with Crippen molar-refractivity contribution in [3.8, 4) is 0 Å². The average molecular weight is 318 g/mol. The van der Waals surface area contributed by atoms with E-state index in [9.17, 15) is 13.2 Å². The van der Waals surface area contributed by atoms with Crippen LogP contribution in [0.2, 0.25) is 0 Å². The first kappa shape index (κ1) is 12.1. The molecule has 2 aromatic rings. The zero-order valence-corrected chi connectivity index (χ0v) is 11.1. The lowest BCUT2D eigenvalue weighted by atomic mass is 10.2. The summed E-state index contributed by atoms with van der Waals surface area (Å²) in [6.45, 7) is 0. The van der Waals surface area contributed by atoms with Crippen LogP contribution in [0.3, 0.4) is 0 Å². The topological polar surface area (TPSA) is 80.1 Å². The summed E-state index contributed by atoms with van der Waals surface area (Å²) < 4.78 is 28.1. The molecular formula is C10H8BrNO4S. The molecule has 0 aliphatic rings. The predicted octanol–water partition coefficient (Wildman–Crippen LogP) is 2.00. The summed E-state index contributed by atoms with van der Waals surface area (Å²) in [5.41, 5.74) is 0.173. The monoisotopic (exact) mass is 317 g/mol. The Balaban J connectivity index is 2.36. The lowest BCUT2D eigenvalue weighted by molar-refractivity contribution is 0.100. The molecule has 2 aromatic heterocycles. The fourth-order valence-electron chi connectivity index (χ4n) is 1.29. The van der Waals surface area contributed by atoms with E-state index < -0.39 is 15.6 Å². The Morgan fingerprint density at radius 1 is 1.41 bits per heavy atom. The molecule has 0 atom stereocenters. The molecule has 5 nitrogen and oxygen atoms in total. The Morgan fingerprint density at radius 2 is 2.12 bits per heavy atom. The molecule has 0 saturated heterocycles. The highest BCUT2D eigenvalue weighted by Gasteiger charge is 2.17. The number of sulfone groups is 1. The highest BCUT2D eigenvalue weighted by Crippen LogP contribution is 2.18. The van der Waals surface area contributed by atoms with Gasteiger partial charge in [-0.05, 0) is 28.1 Å². The number of carbonyl (C=O) groups is 1. The van der Waals surface area contributed by atoms with Crippen LogP contribution in [0.4, 0.5) is 0 Å². The van der Waals surface area contributed by atoms with Crippen LogP contribution in [0.15, 0.2) is 38.4 Å². The van der Waals surface area contributed by atoms with Crippen LogP contribution in [-0.4, -0.2) is 25.4 Å². The standard InChI is InChI=1S/C10H8BrNO4S/c1-17(14,15)9-3-2-7(12-9)10(13)8-4-6(11)5-16-8/h2-5,12H,1H3. The largest absolute Gasteiger partial charge is 0.460 e. The van der Waals surface area contributed by atoms with E-state index in [-0.39, 0.29) is 16.5 Å². The van der Waals surface area contributed by atoms with Gasteiger partial charge in [-0.1, -0.05) is 0 Å². The molecule has 0 radical (unpaired) electrons. The number of carbonyl (C=O) groups excluding carboxylic acids is 1. The Kier molecular flexibility index (Phi) is 2.96. The Morgan fingerprint density at radius 3 is 2.59 bits per heavy atom. The van der Waals surface area contributed by atoms with Gasteiger partial charge in [0, 0.05) is 12.3 Å². The first-order valence-electron chi connectivity index (χ1n) is 4.56. The van der Waals surface area contributed by atoms with E-state index in [1.54, 1.807) is 0 Å². The molecule has 1 N–H and O–H groups in total. The van der Waals surface area contributed by atoms with Crippen molar-refractivity contribution in [2.75, 3.05) is 6.26 Å². The second-order valence-corrected chi connectivity index (χ2v) is 6.37. The minimum Gasteiger partial charge on any atom is -0.460 e. The van der Waals surface area contributed by atoms with Crippen molar-refractivity contribution in [2.45, 2.75) is 5.03 Å². The van der Waals surface area contributed by atoms with Crippen LogP contribution in [0.5, 0.6) is 0 Å². The highest BCUT2D eigenvalue weighted by atomic mass is 79.9. The number of hydrogen-bond donors (Lipinski definition) is 1. The van der Waals surface area contributed by atoms with E-state index in [1.165, 1.54) is 24.5 Å². The number of aromatic amines is 1. The van der Waals surface area contributed by atoms with Crippen molar-refractivity contribution in [2.24, 2.45) is 0 Å². The smallest absolute Gasteiger partial charge is 0.244 e. The molecule has 7 heteroatoms. The second kappa shape index (κ2) is 4.15. The maximum Gasteiger partial charge on any atom is 0.244 e. The SMILES string of the molecule is CS(=O)(=O)c1ccc(C(=O)c2cc(Br)co2)[nH]1. The van der Waals surface area contributed by atoms with Gasteiger partial charge in [0.2, 0.25) is 5.78 Å². The molecule has 0 aliphatic heterocycles. The molecule has 0 aliphatic carbocycles. The first-order valence-corrected chi connectivity index (χ1v) is 7.24. The van der Waals surface area contributed by atoms with Crippen molar-refractivity contribution in [1.29, 1.82) is 0 Å². The molecule has 0 amide bonds. The molecular weight excluding hydrogens is 310 g/mol. The van der Waals surface area contributed by atoms with Crippen molar-refractivity contribution in [1.82, 2.24) is 4.98 Å². The van der Waals surface area contributed by atoms with Crippen LogP contribution in [-0.2, 0) is 9.84 Å². The lowest BCUT2D eigenvalue weighted by Gasteiger charge is -1.94. The van der Waals surface area contributed by atoms with Gasteiger partial charge in [-0.15, -0.1) is 0 Å². The van der Waals surface area contributed by atoms with E-state index in [2.05, 4.69) is 20.9 Å². The fourth-order valence-corrected chi connectivity index (χ4v) is 2.20. The van der Waals surface area contributed by atoms with Crippen molar-refractivity contribution >= 4 is 31.6 Å². The van der Waals surface area contributed by atoms with E-state index in [1.807, 2.05) is 0 Å². The highest BCUT2D eigenvalue weighted by molar-refractivity contribution is 9.10. The van der Waals surface area contributed by atoms with Crippen LogP contribution in [0.1, 0.15) is 16.2 Å². The third-order valence-electron chi connectivity index (χ3n) is 2.09. The van der Waals surface area contributed by atoms with Gasteiger partial charge < -0.3 is 9.40 Å². The third-order valence-corrected chi connectivity index (χ3v) is 3.55. The molecule has 17 heavy (non-hydrogen) atoms. The minimum atomic E-state index is -3.34. The van der Waals surface area contributed by atoms with E-state index in [0.29, 0.717) is 4.47 Å². The van der Waals surface area contributed by atoms with E-state index in [0.717, 1.165) is 6.26 Å². The zero-order chi connectivity index (χ0) is 12.6. The number of nitrogens with one attached hydrogen (secondary N) is 1. The van der Waals surface area contributed by atoms with Crippen LogP contribution in [0, 0.1) is 0 Å². The Bertz CT molecular complexity index is 668. The predicted molar refractivity (Wildman–Crippen MR) is 63.7 cm³/mol. The molecule has 0 fully saturated rings. The minimum absolute atomic E-state index is 0.00599. The summed E-state index contributed by atoms with van der Waals surface area (Å²) in [7, 11) is -3.34. The third kappa shape index (κ3) is 2.50. The quantitative estimate of drug-likeness (QED) is 0.878. The second-order valence-electron chi connectivity index (χ2n) is 3.47. The van der Waals surface area contributed by atoms with Crippen molar-refractivity contribution in [3.63, 3.8) is 0 Å². The number of rotatable bonds is 3. The van der Waals surface area contributed by atoms with Gasteiger partial charge in [0.05, 0.1) is 10.2 Å². The number of ketones is 1. The molecule has 0 unspecified atom stereocenters. The first-order chi connectivity index (χ1) is 7.88. The van der Waals surface area contributed by atoms with Gasteiger partial charge in [0.25, 0.3) is 0 Å². The van der Waals surface area contributed by atoms with Gasteiger partial charge in [0.15, 0.2) is 15.6 Å². The number of aromatic nitrogens is 1. The van der Waals surface area contributed by atoms with Crippen molar-refractivity contribution < 1.29 is 17.6 Å². The summed E-state index contributed by atoms with van der Waals surface area (Å²) >= 11 is 3.16. The van der Waals surface area contributed by atoms with Crippen LogP contribution >= 0.6 is 15.9 Å². The number of furan rings is 1. The van der Waals surface area contributed by atoms with Gasteiger partial charge >= 0.3 is 0 Å². The van der Waals surface area contributed by atoms with Crippen LogP contribution in [0.25, 0.3) is 0 Å². The van der Waals surface area contributed by atoms with E-state index in [4.69, 9.17) is 4.42 Å². The maximum absolute atomic E-state index is 11.9. The van der Waals surface area contributed by atoms with Gasteiger partial charge in [-0.3, -0.25) is 4.79 Å². The van der Waals surface area contributed by atoms with Gasteiger partial charge in [0.1, 0.15) is 11.3 Å². The van der Waals surface area contributed by atoms with Crippen LogP contribution < -0.4 is 0 Å². The molecule has 2 heterocycles. The summed E-state index contributed by atoms with van der Waals surface area (Å²) in [5, 5.41) is 0.00599. The molecule has 0 saturated carbocycles. The number of hydrogen-bond acceptors (Lipinski definition) is 4.